The van der Waals surface area contributed by atoms with Gasteiger partial charge in [-0.05, 0) is 93.8 Å². The zero-order valence-electron chi connectivity index (χ0n) is 18.0. The average Bonchev–Trinajstić information content (AvgIpc) is 2.75. The molecule has 0 spiro atoms. The van der Waals surface area contributed by atoms with Gasteiger partial charge in [0.25, 0.3) is 0 Å². The van der Waals surface area contributed by atoms with Crippen molar-refractivity contribution in [2.45, 2.75) is 96.6 Å². The molecule has 4 nitrogen and oxygen atoms in total. The second-order valence-corrected chi connectivity index (χ2v) is 11.0. The molecule has 0 amide bonds. The van der Waals surface area contributed by atoms with Crippen molar-refractivity contribution in [2.75, 3.05) is 26.4 Å². The van der Waals surface area contributed by atoms with E-state index in [1.807, 2.05) is 6.92 Å². The van der Waals surface area contributed by atoms with Crippen molar-refractivity contribution in [3.8, 4) is 0 Å². The number of hydrogen-bond donors (Lipinski definition) is 0. The molecule has 0 radical (unpaired) electrons. The molecule has 3 saturated heterocycles. The Labute approximate surface area is 171 Å². The monoisotopic (exact) mass is 392 g/mol. The maximum absolute atomic E-state index is 6.47. The fourth-order valence-electron chi connectivity index (χ4n) is 6.91. The molecule has 0 aromatic rings. The highest BCUT2D eigenvalue weighted by molar-refractivity contribution is 5.01. The van der Waals surface area contributed by atoms with Crippen LogP contribution < -0.4 is 0 Å². The number of hydrogen-bond acceptors (Lipinski definition) is 4. The molecule has 4 unspecified atom stereocenters. The van der Waals surface area contributed by atoms with E-state index >= 15 is 0 Å². The SMILES string of the molecule is CC1OCC(C2CCC(C3CCC(C45CCC(C)(CC4)CC5)CO3)OC2)CO1. The normalized spacial score (nSPS) is 52.5. The van der Waals surface area contributed by atoms with E-state index in [1.165, 1.54) is 57.8 Å². The van der Waals surface area contributed by atoms with Crippen molar-refractivity contribution in [1.29, 1.82) is 0 Å². The lowest BCUT2D eigenvalue weighted by Gasteiger charge is -2.56. The number of ether oxygens (including phenoxy) is 4. The van der Waals surface area contributed by atoms with Crippen molar-refractivity contribution in [1.82, 2.24) is 0 Å². The Balaban J connectivity index is 1.09. The van der Waals surface area contributed by atoms with Crippen LogP contribution in [0.25, 0.3) is 0 Å². The maximum atomic E-state index is 6.47. The Morgan fingerprint density at radius 2 is 1.18 bits per heavy atom. The van der Waals surface area contributed by atoms with E-state index in [2.05, 4.69) is 6.92 Å². The Kier molecular flexibility index (Phi) is 5.53. The van der Waals surface area contributed by atoms with Crippen LogP contribution in [0.3, 0.4) is 0 Å². The summed E-state index contributed by atoms with van der Waals surface area (Å²) < 4.78 is 24.2. The number of fused-ring (bicyclic) bond motifs is 3. The first-order chi connectivity index (χ1) is 13.6. The van der Waals surface area contributed by atoms with E-state index in [4.69, 9.17) is 18.9 Å². The van der Waals surface area contributed by atoms with Crippen LogP contribution in [0.2, 0.25) is 0 Å². The van der Waals surface area contributed by atoms with Gasteiger partial charge in [-0.15, -0.1) is 0 Å². The molecule has 3 heterocycles. The van der Waals surface area contributed by atoms with Crippen LogP contribution in [0.1, 0.15) is 78.1 Å². The molecule has 4 atom stereocenters. The Morgan fingerprint density at radius 3 is 1.71 bits per heavy atom. The smallest absolute Gasteiger partial charge is 0.154 e. The fraction of sp³-hybridized carbons (Fsp3) is 1.00. The van der Waals surface area contributed by atoms with E-state index in [1.54, 1.807) is 0 Å². The van der Waals surface area contributed by atoms with Gasteiger partial charge >= 0.3 is 0 Å². The summed E-state index contributed by atoms with van der Waals surface area (Å²) in [5.74, 6) is 1.87. The van der Waals surface area contributed by atoms with E-state index in [9.17, 15) is 0 Å². The third kappa shape index (κ3) is 3.79. The Bertz CT molecular complexity index is 500. The van der Waals surface area contributed by atoms with Crippen LogP contribution >= 0.6 is 0 Å². The third-order valence-corrected chi connectivity index (χ3v) is 9.37. The van der Waals surface area contributed by atoms with Gasteiger partial charge in [-0.1, -0.05) is 6.92 Å². The quantitative estimate of drug-likeness (QED) is 0.681. The van der Waals surface area contributed by atoms with E-state index in [0.717, 1.165) is 38.8 Å². The van der Waals surface area contributed by atoms with Gasteiger partial charge in [-0.2, -0.15) is 0 Å². The molecule has 3 saturated carbocycles. The van der Waals surface area contributed by atoms with Crippen LogP contribution in [-0.4, -0.2) is 44.9 Å². The first-order valence-electron chi connectivity index (χ1n) is 12.0. The van der Waals surface area contributed by atoms with Crippen molar-refractivity contribution in [3.63, 3.8) is 0 Å². The molecule has 6 rings (SSSR count). The van der Waals surface area contributed by atoms with Crippen LogP contribution in [0.4, 0.5) is 0 Å². The Hall–Kier alpha value is -0.160. The zero-order valence-corrected chi connectivity index (χ0v) is 18.0. The summed E-state index contributed by atoms with van der Waals surface area (Å²) in [7, 11) is 0. The standard InChI is InChI=1S/C24H40O4/c1-17-25-14-19(15-26-17)18-3-5-21(27-13-18)22-6-4-20(16-28-22)24-10-7-23(2,8-11-24)9-12-24/h17-22H,3-16H2,1-2H3. The highest BCUT2D eigenvalue weighted by Gasteiger charge is 2.51. The van der Waals surface area contributed by atoms with Gasteiger partial charge in [-0.3, -0.25) is 0 Å². The summed E-state index contributed by atoms with van der Waals surface area (Å²) in [4.78, 5) is 0. The molecule has 6 aliphatic rings. The molecule has 0 aromatic heterocycles. The van der Waals surface area contributed by atoms with Gasteiger partial charge < -0.3 is 18.9 Å². The van der Waals surface area contributed by atoms with Gasteiger partial charge in [0.2, 0.25) is 0 Å². The first-order valence-corrected chi connectivity index (χ1v) is 12.0. The van der Waals surface area contributed by atoms with Gasteiger partial charge in [-0.25, -0.2) is 0 Å². The fourth-order valence-corrected chi connectivity index (χ4v) is 6.91. The molecule has 3 aliphatic carbocycles. The van der Waals surface area contributed by atoms with Crippen molar-refractivity contribution >= 4 is 0 Å². The summed E-state index contributed by atoms with van der Waals surface area (Å²) in [5.41, 5.74) is 1.28. The molecule has 160 valence electrons. The molecular formula is C24H40O4. The summed E-state index contributed by atoms with van der Waals surface area (Å²) in [6.07, 6.45) is 14.2. The highest BCUT2D eigenvalue weighted by atomic mass is 16.7. The Morgan fingerprint density at radius 1 is 0.607 bits per heavy atom. The predicted octanol–water partition coefficient (Wildman–Crippen LogP) is 4.95. The molecular weight excluding hydrogens is 352 g/mol. The van der Waals surface area contributed by atoms with Crippen molar-refractivity contribution < 1.29 is 18.9 Å². The van der Waals surface area contributed by atoms with Crippen LogP contribution in [0, 0.1) is 28.6 Å². The lowest BCUT2D eigenvalue weighted by molar-refractivity contribution is -0.212. The zero-order chi connectivity index (χ0) is 19.2. The topological polar surface area (TPSA) is 36.9 Å². The molecule has 0 N–H and O–H groups in total. The van der Waals surface area contributed by atoms with Gasteiger partial charge in [0.1, 0.15) is 0 Å². The molecule has 3 aliphatic heterocycles. The molecule has 6 fully saturated rings. The molecule has 4 heteroatoms. The summed E-state index contributed by atoms with van der Waals surface area (Å²) in [6.45, 7) is 7.97. The van der Waals surface area contributed by atoms with Gasteiger partial charge in [0.05, 0.1) is 38.6 Å². The minimum atomic E-state index is -0.0429. The van der Waals surface area contributed by atoms with E-state index in [0.29, 0.717) is 34.9 Å². The predicted molar refractivity (Wildman–Crippen MR) is 108 cm³/mol. The second-order valence-electron chi connectivity index (χ2n) is 11.0. The molecule has 28 heavy (non-hydrogen) atoms. The van der Waals surface area contributed by atoms with Crippen LogP contribution in [0.15, 0.2) is 0 Å². The van der Waals surface area contributed by atoms with Gasteiger partial charge in [0, 0.05) is 5.92 Å². The lowest BCUT2D eigenvalue weighted by Crippen LogP contribution is -2.49. The van der Waals surface area contributed by atoms with E-state index < -0.39 is 0 Å². The van der Waals surface area contributed by atoms with Crippen LogP contribution in [0.5, 0.6) is 0 Å². The summed E-state index contributed by atoms with van der Waals surface area (Å²) >= 11 is 0. The van der Waals surface area contributed by atoms with Crippen LogP contribution in [-0.2, 0) is 18.9 Å². The molecule has 0 aromatic carbocycles. The maximum Gasteiger partial charge on any atom is 0.154 e. The minimum Gasteiger partial charge on any atom is -0.375 e. The lowest BCUT2D eigenvalue weighted by atomic mass is 9.50. The minimum absolute atomic E-state index is 0.0429. The van der Waals surface area contributed by atoms with Gasteiger partial charge in [0.15, 0.2) is 6.29 Å². The number of rotatable bonds is 3. The third-order valence-electron chi connectivity index (χ3n) is 9.37. The van der Waals surface area contributed by atoms with Crippen molar-refractivity contribution in [3.05, 3.63) is 0 Å². The molecule has 2 bridgehead atoms. The highest BCUT2D eigenvalue weighted by Crippen LogP contribution is 2.61. The largest absolute Gasteiger partial charge is 0.375 e. The summed E-state index contributed by atoms with van der Waals surface area (Å²) in [6, 6.07) is 0. The van der Waals surface area contributed by atoms with Crippen molar-refractivity contribution in [2.24, 2.45) is 28.6 Å². The average molecular weight is 393 g/mol. The second kappa shape index (κ2) is 7.83. The van der Waals surface area contributed by atoms with E-state index in [-0.39, 0.29) is 6.29 Å². The summed E-state index contributed by atoms with van der Waals surface area (Å²) in [5, 5.41) is 0. The first kappa shape index (κ1) is 19.8.